The Morgan fingerprint density at radius 3 is 3.14 bits per heavy atom. The van der Waals surface area contributed by atoms with E-state index in [2.05, 4.69) is 13.0 Å². The molecule has 0 aliphatic carbocycles. The Kier molecular flexibility index (Phi) is 2.55. The molecule has 1 fully saturated rings. The quantitative estimate of drug-likeness (QED) is 0.714. The van der Waals surface area contributed by atoms with E-state index in [1.54, 1.807) is 0 Å². The van der Waals surface area contributed by atoms with Crippen molar-refractivity contribution < 1.29 is 4.74 Å². The maximum absolute atomic E-state index is 8.82. The molecule has 74 valence electrons. The van der Waals surface area contributed by atoms with E-state index in [1.807, 2.05) is 22.9 Å². The predicted molar refractivity (Wildman–Crippen MR) is 52.7 cm³/mol. The van der Waals surface area contributed by atoms with Gasteiger partial charge in [-0.05, 0) is 31.9 Å². The van der Waals surface area contributed by atoms with E-state index >= 15 is 0 Å². The van der Waals surface area contributed by atoms with E-state index in [0.717, 1.165) is 19.4 Å². The van der Waals surface area contributed by atoms with E-state index < -0.39 is 0 Å². The van der Waals surface area contributed by atoms with Gasteiger partial charge >= 0.3 is 0 Å². The Morgan fingerprint density at radius 1 is 1.64 bits per heavy atom. The first-order valence-electron chi connectivity index (χ1n) is 5.00. The second-order valence-corrected chi connectivity index (χ2v) is 3.80. The third kappa shape index (κ3) is 1.80. The highest BCUT2D eigenvalue weighted by atomic mass is 16.5. The molecule has 0 bridgehead atoms. The van der Waals surface area contributed by atoms with Gasteiger partial charge in [0.25, 0.3) is 0 Å². The van der Waals surface area contributed by atoms with Crippen molar-refractivity contribution in [1.29, 1.82) is 5.26 Å². The van der Waals surface area contributed by atoms with Crippen LogP contribution in [0.3, 0.4) is 0 Å². The molecule has 0 spiro atoms. The summed E-state index contributed by atoms with van der Waals surface area (Å²) in [7, 11) is 0. The van der Waals surface area contributed by atoms with Crippen molar-refractivity contribution in [1.82, 2.24) is 4.57 Å². The molecule has 0 aromatic carbocycles. The number of rotatable bonds is 2. The largest absolute Gasteiger partial charge is 0.373 e. The average Bonchev–Trinajstić information content (AvgIpc) is 2.76. The summed E-state index contributed by atoms with van der Waals surface area (Å²) in [5.74, 6) is 0. The summed E-state index contributed by atoms with van der Waals surface area (Å²) in [6.07, 6.45) is 4.83. The number of hydrogen-bond donors (Lipinski definition) is 0. The molecule has 2 atom stereocenters. The molecule has 2 unspecified atom stereocenters. The van der Waals surface area contributed by atoms with E-state index in [4.69, 9.17) is 10.00 Å². The third-order valence-electron chi connectivity index (χ3n) is 2.66. The molecule has 2 rings (SSSR count). The minimum absolute atomic E-state index is 0.282. The molecule has 1 saturated heterocycles. The highest BCUT2D eigenvalue weighted by molar-refractivity contribution is 5.22. The minimum Gasteiger partial charge on any atom is -0.373 e. The van der Waals surface area contributed by atoms with Gasteiger partial charge in [0.05, 0.1) is 12.2 Å². The van der Waals surface area contributed by atoms with E-state index in [-0.39, 0.29) is 6.10 Å². The first-order valence-corrected chi connectivity index (χ1v) is 5.00. The van der Waals surface area contributed by atoms with Gasteiger partial charge in [-0.3, -0.25) is 0 Å². The van der Waals surface area contributed by atoms with Crippen LogP contribution in [0.4, 0.5) is 0 Å². The molecule has 3 heteroatoms. The summed E-state index contributed by atoms with van der Waals surface area (Å²) in [6.45, 7) is 2.90. The zero-order valence-electron chi connectivity index (χ0n) is 8.31. The molecule has 1 aliphatic rings. The molecule has 0 saturated carbocycles. The fourth-order valence-corrected chi connectivity index (χ4v) is 1.91. The molecule has 3 nitrogen and oxygen atoms in total. The second kappa shape index (κ2) is 3.85. The van der Waals surface area contributed by atoms with Gasteiger partial charge in [-0.1, -0.05) is 0 Å². The van der Waals surface area contributed by atoms with Gasteiger partial charge in [-0.15, -0.1) is 0 Å². The first kappa shape index (κ1) is 9.29. The highest BCUT2D eigenvalue weighted by Crippen LogP contribution is 2.20. The Bertz CT molecular complexity index is 350. The minimum atomic E-state index is 0.282. The van der Waals surface area contributed by atoms with Gasteiger partial charge < -0.3 is 9.30 Å². The SMILES string of the molecule is CC1CCC(Cn2cccc2C#N)O1. The Hall–Kier alpha value is -1.27. The predicted octanol–water partition coefficient (Wildman–Crippen LogP) is 1.93. The van der Waals surface area contributed by atoms with E-state index in [1.165, 1.54) is 0 Å². The molecule has 0 amide bonds. The van der Waals surface area contributed by atoms with Gasteiger partial charge in [-0.25, -0.2) is 0 Å². The van der Waals surface area contributed by atoms with Crippen LogP contribution in [0.1, 0.15) is 25.5 Å². The van der Waals surface area contributed by atoms with Crippen LogP contribution < -0.4 is 0 Å². The molecule has 1 aromatic rings. The molecule has 0 radical (unpaired) electrons. The summed E-state index contributed by atoms with van der Waals surface area (Å²) in [4.78, 5) is 0. The highest BCUT2D eigenvalue weighted by Gasteiger charge is 2.22. The summed E-state index contributed by atoms with van der Waals surface area (Å²) in [5, 5.41) is 8.82. The van der Waals surface area contributed by atoms with Crippen molar-refractivity contribution >= 4 is 0 Å². The maximum Gasteiger partial charge on any atom is 0.120 e. The number of ether oxygens (including phenoxy) is 1. The lowest BCUT2D eigenvalue weighted by atomic mass is 10.2. The lowest BCUT2D eigenvalue weighted by molar-refractivity contribution is 0.0457. The fourth-order valence-electron chi connectivity index (χ4n) is 1.91. The lowest BCUT2D eigenvalue weighted by Gasteiger charge is -2.12. The third-order valence-corrected chi connectivity index (χ3v) is 2.66. The molecule has 0 N–H and O–H groups in total. The van der Waals surface area contributed by atoms with Crippen molar-refractivity contribution in [2.45, 2.75) is 38.5 Å². The lowest BCUT2D eigenvalue weighted by Crippen LogP contribution is -2.16. The average molecular weight is 190 g/mol. The topological polar surface area (TPSA) is 38.0 Å². The van der Waals surface area contributed by atoms with Crippen molar-refractivity contribution in [3.63, 3.8) is 0 Å². The zero-order valence-corrected chi connectivity index (χ0v) is 8.31. The molecule has 2 heterocycles. The Morgan fingerprint density at radius 2 is 2.50 bits per heavy atom. The number of nitrogens with zero attached hydrogens (tertiary/aromatic N) is 2. The van der Waals surface area contributed by atoms with Gasteiger partial charge in [0.15, 0.2) is 0 Å². The standard InChI is InChI=1S/C11H14N2O/c1-9-4-5-11(14-9)8-13-6-2-3-10(13)7-12/h2-3,6,9,11H,4-5,8H2,1H3. The van der Waals surface area contributed by atoms with E-state index in [0.29, 0.717) is 11.8 Å². The van der Waals surface area contributed by atoms with Crippen LogP contribution in [0.5, 0.6) is 0 Å². The molecule has 1 aliphatic heterocycles. The van der Waals surface area contributed by atoms with Gasteiger partial charge in [0.2, 0.25) is 0 Å². The van der Waals surface area contributed by atoms with Gasteiger partial charge in [-0.2, -0.15) is 5.26 Å². The van der Waals surface area contributed by atoms with Crippen molar-refractivity contribution in [3.05, 3.63) is 24.0 Å². The van der Waals surface area contributed by atoms with Gasteiger partial charge in [0.1, 0.15) is 11.8 Å². The summed E-state index contributed by atoms with van der Waals surface area (Å²) in [5.41, 5.74) is 0.716. The molecule has 14 heavy (non-hydrogen) atoms. The normalized spacial score (nSPS) is 26.3. The van der Waals surface area contributed by atoms with Crippen LogP contribution in [-0.4, -0.2) is 16.8 Å². The van der Waals surface area contributed by atoms with Crippen molar-refractivity contribution in [2.75, 3.05) is 0 Å². The fraction of sp³-hybridized carbons (Fsp3) is 0.545. The summed E-state index contributed by atoms with van der Waals surface area (Å²) < 4.78 is 7.66. The number of aromatic nitrogens is 1. The molecular weight excluding hydrogens is 176 g/mol. The zero-order chi connectivity index (χ0) is 9.97. The summed E-state index contributed by atoms with van der Waals surface area (Å²) in [6, 6.07) is 5.90. The van der Waals surface area contributed by atoms with Crippen molar-refractivity contribution in [2.24, 2.45) is 0 Å². The smallest absolute Gasteiger partial charge is 0.120 e. The molecular formula is C11H14N2O. The van der Waals surface area contributed by atoms with Crippen LogP contribution in [0, 0.1) is 11.3 Å². The van der Waals surface area contributed by atoms with Crippen LogP contribution >= 0.6 is 0 Å². The first-order chi connectivity index (χ1) is 6.79. The van der Waals surface area contributed by atoms with E-state index in [9.17, 15) is 0 Å². The van der Waals surface area contributed by atoms with Gasteiger partial charge in [0, 0.05) is 12.7 Å². The maximum atomic E-state index is 8.82. The van der Waals surface area contributed by atoms with Crippen molar-refractivity contribution in [3.8, 4) is 6.07 Å². The molecule has 1 aromatic heterocycles. The monoisotopic (exact) mass is 190 g/mol. The Labute approximate surface area is 83.9 Å². The van der Waals surface area contributed by atoms with Crippen LogP contribution in [0.2, 0.25) is 0 Å². The summed E-state index contributed by atoms with van der Waals surface area (Å²) >= 11 is 0. The number of nitriles is 1. The Balaban J connectivity index is 2.01. The number of hydrogen-bond acceptors (Lipinski definition) is 2. The van der Waals surface area contributed by atoms with Crippen LogP contribution in [0.15, 0.2) is 18.3 Å². The second-order valence-electron chi connectivity index (χ2n) is 3.80. The van der Waals surface area contributed by atoms with Crippen LogP contribution in [0.25, 0.3) is 0 Å². The van der Waals surface area contributed by atoms with Crippen LogP contribution in [-0.2, 0) is 11.3 Å².